The number of halogens is 1. The Hall–Kier alpha value is -1.82. The predicted octanol–water partition coefficient (Wildman–Crippen LogP) is 3.29. The first kappa shape index (κ1) is 14.6. The third-order valence-corrected chi connectivity index (χ3v) is 3.19. The molecule has 0 unspecified atom stereocenters. The van der Waals surface area contributed by atoms with Gasteiger partial charge in [-0.25, -0.2) is 9.97 Å². The largest absolute Gasteiger partial charge is 0.490 e. The standard InChI is InChI=1S/C14H17BrN4O/c1-3-16-13-12(20-2)14(19-9-18-13)17-8-10-5-4-6-11(15)7-10/h4-7,9H,3,8H2,1-2H3,(H2,16,17,18,19). The van der Waals surface area contributed by atoms with Gasteiger partial charge >= 0.3 is 0 Å². The monoisotopic (exact) mass is 336 g/mol. The van der Waals surface area contributed by atoms with E-state index in [9.17, 15) is 0 Å². The van der Waals surface area contributed by atoms with E-state index in [0.717, 1.165) is 16.6 Å². The Morgan fingerprint density at radius 3 is 2.60 bits per heavy atom. The lowest BCUT2D eigenvalue weighted by atomic mass is 10.2. The van der Waals surface area contributed by atoms with Crippen LogP contribution in [0.1, 0.15) is 12.5 Å². The smallest absolute Gasteiger partial charge is 0.204 e. The van der Waals surface area contributed by atoms with Gasteiger partial charge in [0.05, 0.1) is 7.11 Å². The van der Waals surface area contributed by atoms with Gasteiger partial charge in [0.2, 0.25) is 5.75 Å². The first-order chi connectivity index (χ1) is 9.74. The molecule has 1 aromatic carbocycles. The van der Waals surface area contributed by atoms with Crippen LogP contribution in [0, 0.1) is 0 Å². The molecule has 0 aliphatic heterocycles. The minimum absolute atomic E-state index is 0.629. The second-order valence-corrected chi connectivity index (χ2v) is 5.03. The number of anilines is 2. The summed E-state index contributed by atoms with van der Waals surface area (Å²) in [6.07, 6.45) is 1.52. The number of hydrogen-bond donors (Lipinski definition) is 2. The van der Waals surface area contributed by atoms with Crippen molar-refractivity contribution in [3.8, 4) is 5.75 Å². The van der Waals surface area contributed by atoms with Crippen molar-refractivity contribution in [2.24, 2.45) is 0 Å². The second kappa shape index (κ2) is 7.09. The summed E-state index contributed by atoms with van der Waals surface area (Å²) in [6, 6.07) is 8.11. The molecule has 2 rings (SSSR count). The van der Waals surface area contributed by atoms with Crippen LogP contribution in [0.4, 0.5) is 11.6 Å². The van der Waals surface area contributed by atoms with Crippen LogP contribution in [-0.4, -0.2) is 23.6 Å². The molecule has 6 heteroatoms. The summed E-state index contributed by atoms with van der Waals surface area (Å²) in [4.78, 5) is 8.41. The van der Waals surface area contributed by atoms with Crippen LogP contribution >= 0.6 is 15.9 Å². The van der Waals surface area contributed by atoms with Crippen molar-refractivity contribution >= 4 is 27.6 Å². The van der Waals surface area contributed by atoms with Crippen LogP contribution in [0.3, 0.4) is 0 Å². The van der Waals surface area contributed by atoms with Crippen molar-refractivity contribution in [1.82, 2.24) is 9.97 Å². The Labute approximate surface area is 126 Å². The van der Waals surface area contributed by atoms with E-state index < -0.39 is 0 Å². The van der Waals surface area contributed by atoms with Crippen molar-refractivity contribution in [3.63, 3.8) is 0 Å². The third kappa shape index (κ3) is 3.60. The van der Waals surface area contributed by atoms with E-state index in [1.165, 1.54) is 6.33 Å². The van der Waals surface area contributed by atoms with Gasteiger partial charge in [-0.15, -0.1) is 0 Å². The van der Waals surface area contributed by atoms with Crippen LogP contribution in [0.5, 0.6) is 5.75 Å². The zero-order valence-corrected chi connectivity index (χ0v) is 13.1. The fraction of sp³-hybridized carbons (Fsp3) is 0.286. The fourth-order valence-corrected chi connectivity index (χ4v) is 2.27. The SMILES string of the molecule is CCNc1ncnc(NCc2cccc(Br)c2)c1OC. The number of hydrogen-bond acceptors (Lipinski definition) is 5. The molecule has 106 valence electrons. The Kier molecular flexibility index (Phi) is 5.17. The lowest BCUT2D eigenvalue weighted by Gasteiger charge is -2.13. The number of nitrogens with zero attached hydrogens (tertiary/aromatic N) is 2. The first-order valence-electron chi connectivity index (χ1n) is 6.35. The quantitative estimate of drug-likeness (QED) is 0.847. The molecule has 2 N–H and O–H groups in total. The lowest BCUT2D eigenvalue weighted by Crippen LogP contribution is -2.08. The minimum Gasteiger partial charge on any atom is -0.490 e. The summed E-state index contributed by atoms with van der Waals surface area (Å²) >= 11 is 3.46. The maximum atomic E-state index is 5.38. The van der Waals surface area contributed by atoms with Crippen LogP contribution < -0.4 is 15.4 Å². The Morgan fingerprint density at radius 2 is 1.95 bits per heavy atom. The molecular formula is C14H17BrN4O. The number of nitrogens with one attached hydrogen (secondary N) is 2. The van der Waals surface area contributed by atoms with Gasteiger partial charge in [0.1, 0.15) is 6.33 Å². The Morgan fingerprint density at radius 1 is 1.20 bits per heavy atom. The van der Waals surface area contributed by atoms with Crippen LogP contribution in [-0.2, 0) is 6.54 Å². The highest BCUT2D eigenvalue weighted by molar-refractivity contribution is 9.10. The van der Waals surface area contributed by atoms with Gasteiger partial charge in [-0.3, -0.25) is 0 Å². The van der Waals surface area contributed by atoms with E-state index >= 15 is 0 Å². The molecule has 0 radical (unpaired) electrons. The Balaban J connectivity index is 2.14. The highest BCUT2D eigenvalue weighted by atomic mass is 79.9. The van der Waals surface area contributed by atoms with Gasteiger partial charge in [0.15, 0.2) is 11.6 Å². The molecule has 1 heterocycles. The predicted molar refractivity (Wildman–Crippen MR) is 84.2 cm³/mol. The molecule has 1 aromatic heterocycles. The highest BCUT2D eigenvalue weighted by Crippen LogP contribution is 2.29. The molecule has 2 aromatic rings. The average molecular weight is 337 g/mol. The summed E-state index contributed by atoms with van der Waals surface area (Å²) in [5, 5.41) is 6.42. The summed E-state index contributed by atoms with van der Waals surface area (Å²) in [5.74, 6) is 2.00. The number of aromatic nitrogens is 2. The molecule has 5 nitrogen and oxygen atoms in total. The Bertz CT molecular complexity index is 577. The van der Waals surface area contributed by atoms with E-state index in [4.69, 9.17) is 4.74 Å². The van der Waals surface area contributed by atoms with E-state index in [-0.39, 0.29) is 0 Å². The fourth-order valence-electron chi connectivity index (χ4n) is 1.82. The zero-order valence-electron chi connectivity index (χ0n) is 11.5. The van der Waals surface area contributed by atoms with E-state index in [2.05, 4.69) is 48.7 Å². The molecule has 0 aliphatic rings. The third-order valence-electron chi connectivity index (χ3n) is 2.70. The molecule has 0 atom stereocenters. The second-order valence-electron chi connectivity index (χ2n) is 4.12. The molecule has 20 heavy (non-hydrogen) atoms. The summed E-state index contributed by atoms with van der Waals surface area (Å²) in [7, 11) is 1.61. The number of benzene rings is 1. The average Bonchev–Trinajstić information content (AvgIpc) is 2.45. The molecule has 0 bridgehead atoms. The molecule has 0 saturated heterocycles. The molecule has 0 amide bonds. The number of rotatable bonds is 6. The first-order valence-corrected chi connectivity index (χ1v) is 7.15. The highest BCUT2D eigenvalue weighted by Gasteiger charge is 2.11. The lowest BCUT2D eigenvalue weighted by molar-refractivity contribution is 0.414. The zero-order chi connectivity index (χ0) is 14.4. The molecule has 0 aliphatic carbocycles. The van der Waals surface area contributed by atoms with Gasteiger partial charge in [-0.1, -0.05) is 28.1 Å². The molecule has 0 fully saturated rings. The maximum absolute atomic E-state index is 5.38. The summed E-state index contributed by atoms with van der Waals surface area (Å²) in [5.41, 5.74) is 1.16. The van der Waals surface area contributed by atoms with Gasteiger partial charge in [-0.2, -0.15) is 0 Å². The maximum Gasteiger partial charge on any atom is 0.204 e. The molecular weight excluding hydrogens is 320 g/mol. The van der Waals surface area contributed by atoms with E-state index in [1.807, 2.05) is 19.1 Å². The molecule has 0 spiro atoms. The van der Waals surface area contributed by atoms with Gasteiger partial charge in [-0.05, 0) is 24.6 Å². The van der Waals surface area contributed by atoms with Gasteiger partial charge < -0.3 is 15.4 Å². The normalized spacial score (nSPS) is 10.2. The van der Waals surface area contributed by atoms with Crippen molar-refractivity contribution in [1.29, 1.82) is 0 Å². The van der Waals surface area contributed by atoms with Crippen LogP contribution in [0.2, 0.25) is 0 Å². The summed E-state index contributed by atoms with van der Waals surface area (Å²) in [6.45, 7) is 3.45. The number of ether oxygens (including phenoxy) is 1. The number of methoxy groups -OCH3 is 1. The van der Waals surface area contributed by atoms with Crippen LogP contribution in [0.15, 0.2) is 35.1 Å². The van der Waals surface area contributed by atoms with E-state index in [1.54, 1.807) is 7.11 Å². The topological polar surface area (TPSA) is 59.1 Å². The van der Waals surface area contributed by atoms with Crippen molar-refractivity contribution in [3.05, 3.63) is 40.6 Å². The van der Waals surface area contributed by atoms with Crippen LogP contribution in [0.25, 0.3) is 0 Å². The molecule has 0 saturated carbocycles. The van der Waals surface area contributed by atoms with Gasteiger partial charge in [0.25, 0.3) is 0 Å². The van der Waals surface area contributed by atoms with Crippen molar-refractivity contribution in [2.45, 2.75) is 13.5 Å². The van der Waals surface area contributed by atoms with Crippen molar-refractivity contribution < 1.29 is 4.74 Å². The van der Waals surface area contributed by atoms with Crippen molar-refractivity contribution in [2.75, 3.05) is 24.3 Å². The summed E-state index contributed by atoms with van der Waals surface area (Å²) < 4.78 is 6.44. The minimum atomic E-state index is 0.629. The van der Waals surface area contributed by atoms with E-state index in [0.29, 0.717) is 23.9 Å². The van der Waals surface area contributed by atoms with Gasteiger partial charge in [0, 0.05) is 17.6 Å².